The van der Waals surface area contributed by atoms with Gasteiger partial charge in [0.2, 0.25) is 4.96 Å². The highest BCUT2D eigenvalue weighted by Crippen LogP contribution is 2.18. The van der Waals surface area contributed by atoms with Crippen LogP contribution in [0.5, 0.6) is 5.75 Å². The molecule has 0 spiro atoms. The topological polar surface area (TPSA) is 56.5 Å². The first-order chi connectivity index (χ1) is 13.6. The van der Waals surface area contributed by atoms with Crippen LogP contribution in [0.2, 0.25) is 0 Å². The number of benzene rings is 2. The van der Waals surface area contributed by atoms with Crippen molar-refractivity contribution in [3.63, 3.8) is 0 Å². The number of ether oxygens (including phenoxy) is 1. The van der Waals surface area contributed by atoms with E-state index in [1.54, 1.807) is 30.4 Å². The summed E-state index contributed by atoms with van der Waals surface area (Å²) >= 11 is 1.27. The molecule has 4 aromatic rings. The van der Waals surface area contributed by atoms with Crippen LogP contribution in [-0.4, -0.2) is 21.2 Å². The van der Waals surface area contributed by atoms with Crippen molar-refractivity contribution in [3.8, 4) is 5.75 Å². The zero-order chi connectivity index (χ0) is 19.5. The maximum atomic E-state index is 13.0. The molecule has 0 amide bonds. The lowest BCUT2D eigenvalue weighted by Crippen LogP contribution is -2.23. The van der Waals surface area contributed by atoms with E-state index in [-0.39, 0.29) is 11.4 Å². The number of thiazole rings is 1. The van der Waals surface area contributed by atoms with Crippen molar-refractivity contribution in [1.29, 1.82) is 0 Å². The molecule has 0 saturated carbocycles. The molecule has 0 bridgehead atoms. The van der Waals surface area contributed by atoms with Crippen LogP contribution in [0.25, 0.3) is 23.2 Å². The van der Waals surface area contributed by atoms with E-state index in [9.17, 15) is 9.18 Å². The Kier molecular flexibility index (Phi) is 4.99. The summed E-state index contributed by atoms with van der Waals surface area (Å²) in [6.45, 7) is 2.47. The molecule has 2 aromatic heterocycles. The van der Waals surface area contributed by atoms with E-state index in [0.29, 0.717) is 21.9 Å². The molecule has 0 fully saturated rings. The lowest BCUT2D eigenvalue weighted by molar-refractivity contribution is 0.339. The molecule has 0 unspecified atom stereocenters. The summed E-state index contributed by atoms with van der Waals surface area (Å²) in [6, 6.07) is 13.6. The Labute approximate surface area is 164 Å². The first kappa shape index (κ1) is 18.1. The Morgan fingerprint density at radius 3 is 2.68 bits per heavy atom. The van der Waals surface area contributed by atoms with Gasteiger partial charge >= 0.3 is 0 Å². The van der Waals surface area contributed by atoms with Crippen molar-refractivity contribution in [3.05, 3.63) is 86.2 Å². The highest BCUT2D eigenvalue weighted by atomic mass is 32.1. The van der Waals surface area contributed by atoms with E-state index in [2.05, 4.69) is 10.1 Å². The third-order valence-corrected chi connectivity index (χ3v) is 4.96. The fourth-order valence-electron chi connectivity index (χ4n) is 2.69. The average molecular weight is 393 g/mol. The van der Waals surface area contributed by atoms with Gasteiger partial charge in [-0.05, 0) is 42.8 Å². The summed E-state index contributed by atoms with van der Waals surface area (Å²) in [5.41, 5.74) is 1.44. The van der Waals surface area contributed by atoms with Gasteiger partial charge < -0.3 is 4.74 Å². The third kappa shape index (κ3) is 3.70. The second-order valence-corrected chi connectivity index (χ2v) is 6.95. The summed E-state index contributed by atoms with van der Waals surface area (Å²) < 4.78 is 20.4. The van der Waals surface area contributed by atoms with Crippen molar-refractivity contribution in [2.45, 2.75) is 6.92 Å². The molecule has 2 heterocycles. The second-order valence-electron chi connectivity index (χ2n) is 5.94. The van der Waals surface area contributed by atoms with Gasteiger partial charge in [0.1, 0.15) is 11.6 Å². The van der Waals surface area contributed by atoms with E-state index < -0.39 is 0 Å². The summed E-state index contributed by atoms with van der Waals surface area (Å²) in [5.74, 6) is 0.865. The fraction of sp³-hybridized carbons (Fsp3) is 0.0952. The van der Waals surface area contributed by atoms with Crippen LogP contribution in [0, 0.1) is 5.82 Å². The van der Waals surface area contributed by atoms with E-state index in [0.717, 1.165) is 16.9 Å². The summed E-state index contributed by atoms with van der Waals surface area (Å²) in [5, 5.41) is 4.26. The van der Waals surface area contributed by atoms with Gasteiger partial charge in [-0.1, -0.05) is 47.7 Å². The zero-order valence-corrected chi connectivity index (χ0v) is 15.8. The highest BCUT2D eigenvalue weighted by Gasteiger charge is 2.09. The molecule has 28 heavy (non-hydrogen) atoms. The van der Waals surface area contributed by atoms with Gasteiger partial charge in [-0.25, -0.2) is 4.39 Å². The van der Waals surface area contributed by atoms with Gasteiger partial charge in [-0.2, -0.15) is 9.50 Å². The number of aromatic nitrogens is 3. The fourth-order valence-corrected chi connectivity index (χ4v) is 3.60. The molecule has 5 nitrogen and oxygen atoms in total. The lowest BCUT2D eigenvalue weighted by atomic mass is 10.2. The molecule has 0 aliphatic carbocycles. The van der Waals surface area contributed by atoms with Crippen molar-refractivity contribution in [1.82, 2.24) is 14.6 Å². The summed E-state index contributed by atoms with van der Waals surface area (Å²) in [6.07, 6.45) is 5.26. The maximum Gasteiger partial charge on any atom is 0.291 e. The SMILES string of the molecule is CCOc1ccccc1C=c1sc2nc(C=Cc3ccc(F)cc3)nn2c1=O. The van der Waals surface area contributed by atoms with Gasteiger partial charge in [0.15, 0.2) is 5.82 Å². The first-order valence-electron chi connectivity index (χ1n) is 8.71. The van der Waals surface area contributed by atoms with Gasteiger partial charge in [0.25, 0.3) is 5.56 Å². The number of hydrogen-bond acceptors (Lipinski definition) is 5. The molecule has 7 heteroatoms. The Balaban J connectivity index is 1.67. The maximum absolute atomic E-state index is 13.0. The Morgan fingerprint density at radius 1 is 1.14 bits per heavy atom. The summed E-state index contributed by atoms with van der Waals surface area (Å²) in [7, 11) is 0. The Morgan fingerprint density at radius 2 is 1.93 bits per heavy atom. The average Bonchev–Trinajstić information content (AvgIpc) is 3.22. The molecule has 2 aromatic carbocycles. The number of para-hydroxylation sites is 1. The van der Waals surface area contributed by atoms with Crippen LogP contribution in [0.3, 0.4) is 0 Å². The largest absolute Gasteiger partial charge is 0.493 e. The van der Waals surface area contributed by atoms with Crippen LogP contribution in [0.15, 0.2) is 53.3 Å². The van der Waals surface area contributed by atoms with Gasteiger partial charge in [-0.3, -0.25) is 4.79 Å². The molecule has 0 aliphatic rings. The molecule has 0 N–H and O–H groups in total. The van der Waals surface area contributed by atoms with E-state index in [1.807, 2.05) is 31.2 Å². The Hall–Kier alpha value is -3.32. The highest BCUT2D eigenvalue weighted by molar-refractivity contribution is 7.15. The van der Waals surface area contributed by atoms with Crippen molar-refractivity contribution < 1.29 is 9.13 Å². The van der Waals surface area contributed by atoms with Crippen LogP contribution in [0.4, 0.5) is 4.39 Å². The molecular formula is C21H16FN3O2S. The van der Waals surface area contributed by atoms with Crippen LogP contribution < -0.4 is 14.8 Å². The predicted octanol–water partition coefficient (Wildman–Crippen LogP) is 3.41. The monoisotopic (exact) mass is 393 g/mol. The lowest BCUT2D eigenvalue weighted by Gasteiger charge is -2.05. The smallest absolute Gasteiger partial charge is 0.291 e. The Bertz CT molecular complexity index is 1260. The minimum absolute atomic E-state index is 0.222. The molecular weight excluding hydrogens is 377 g/mol. The summed E-state index contributed by atoms with van der Waals surface area (Å²) in [4.78, 5) is 17.6. The molecule has 140 valence electrons. The second kappa shape index (κ2) is 7.74. The van der Waals surface area contributed by atoms with Gasteiger partial charge in [-0.15, -0.1) is 5.10 Å². The van der Waals surface area contributed by atoms with E-state index >= 15 is 0 Å². The minimum atomic E-state index is -0.288. The van der Waals surface area contributed by atoms with E-state index in [4.69, 9.17) is 4.74 Å². The molecule has 4 rings (SSSR count). The number of halogens is 1. The zero-order valence-electron chi connectivity index (χ0n) is 15.0. The van der Waals surface area contributed by atoms with Crippen LogP contribution in [0.1, 0.15) is 23.9 Å². The van der Waals surface area contributed by atoms with Crippen molar-refractivity contribution in [2.24, 2.45) is 0 Å². The molecule has 0 aliphatic heterocycles. The first-order valence-corrected chi connectivity index (χ1v) is 9.52. The normalized spacial score (nSPS) is 12.3. The molecule has 0 atom stereocenters. The van der Waals surface area contributed by atoms with Gasteiger partial charge in [0.05, 0.1) is 11.1 Å². The van der Waals surface area contributed by atoms with Crippen molar-refractivity contribution in [2.75, 3.05) is 6.61 Å². The van der Waals surface area contributed by atoms with Crippen LogP contribution in [-0.2, 0) is 0 Å². The van der Waals surface area contributed by atoms with E-state index in [1.165, 1.54) is 28.0 Å². The predicted molar refractivity (Wildman–Crippen MR) is 109 cm³/mol. The van der Waals surface area contributed by atoms with Crippen molar-refractivity contribution >= 4 is 34.5 Å². The van der Waals surface area contributed by atoms with Gasteiger partial charge in [0, 0.05) is 5.56 Å². The number of fused-ring (bicyclic) bond motifs is 1. The number of nitrogens with zero attached hydrogens (tertiary/aromatic N) is 3. The third-order valence-electron chi connectivity index (χ3n) is 4.00. The molecule has 0 saturated heterocycles. The van der Waals surface area contributed by atoms with Crippen LogP contribution >= 0.6 is 11.3 Å². The minimum Gasteiger partial charge on any atom is -0.493 e. The number of hydrogen-bond donors (Lipinski definition) is 0. The molecule has 0 radical (unpaired) electrons. The standard InChI is InChI=1S/C21H16FN3O2S/c1-2-27-17-6-4-3-5-15(17)13-18-20(26)25-21(28-18)23-19(24-25)12-9-14-7-10-16(22)11-8-14/h3-13H,2H2,1H3. The number of rotatable bonds is 5. The quantitative estimate of drug-likeness (QED) is 0.521.